The van der Waals surface area contributed by atoms with Gasteiger partial charge < -0.3 is 30.2 Å². The van der Waals surface area contributed by atoms with Crippen LogP contribution in [0.2, 0.25) is 0 Å². The van der Waals surface area contributed by atoms with Crippen molar-refractivity contribution in [2.75, 3.05) is 6.61 Å². The lowest BCUT2D eigenvalue weighted by molar-refractivity contribution is -0.389. The van der Waals surface area contributed by atoms with Gasteiger partial charge in [0.05, 0.1) is 0 Å². The zero-order valence-electron chi connectivity index (χ0n) is 10.4. The van der Waals surface area contributed by atoms with Gasteiger partial charge in [0.2, 0.25) is 12.2 Å². The molecule has 0 fully saturated rings. The molecule has 0 saturated heterocycles. The summed E-state index contributed by atoms with van der Waals surface area (Å²) in [6.07, 6.45) is 2.25. The quantitative estimate of drug-likeness (QED) is 0.415. The van der Waals surface area contributed by atoms with Crippen LogP contribution in [-0.4, -0.2) is 49.2 Å². The van der Waals surface area contributed by atoms with Gasteiger partial charge in [-0.1, -0.05) is 0 Å². The summed E-state index contributed by atoms with van der Waals surface area (Å²) in [5.74, 6) is -2.08. The first kappa shape index (κ1) is 15.6. The van der Waals surface area contributed by atoms with Gasteiger partial charge in [0, 0.05) is 26.0 Å². The van der Waals surface area contributed by atoms with Gasteiger partial charge in [-0.3, -0.25) is 4.79 Å². The van der Waals surface area contributed by atoms with Crippen molar-refractivity contribution in [3.05, 3.63) is 22.6 Å². The van der Waals surface area contributed by atoms with Crippen LogP contribution >= 0.6 is 0 Å². The standard InChI is InChI=1S/C10H14N4O6/c15-4-2-7(10(17)18)12-9(16)1-3-13-5-8(11-6-13)14(19)20/h5-7,15H,1-4H2,(H,12,16)(H,17,18)/t7-/m0/s1. The van der Waals surface area contributed by atoms with Crippen LogP contribution in [0.25, 0.3) is 0 Å². The molecule has 0 aliphatic carbocycles. The van der Waals surface area contributed by atoms with E-state index in [4.69, 9.17) is 10.2 Å². The van der Waals surface area contributed by atoms with Gasteiger partial charge in [-0.05, 0) is 9.91 Å². The van der Waals surface area contributed by atoms with E-state index >= 15 is 0 Å². The number of carbonyl (C=O) groups excluding carboxylic acids is 1. The number of carbonyl (C=O) groups is 2. The maximum atomic E-state index is 11.5. The number of rotatable bonds is 8. The average Bonchev–Trinajstić information content (AvgIpc) is 2.84. The normalized spacial score (nSPS) is 11.8. The van der Waals surface area contributed by atoms with Gasteiger partial charge in [0.1, 0.15) is 12.2 Å². The summed E-state index contributed by atoms with van der Waals surface area (Å²) < 4.78 is 1.36. The predicted octanol–water partition coefficient (Wildman–Crippen LogP) is -0.867. The van der Waals surface area contributed by atoms with Crippen molar-refractivity contribution < 1.29 is 24.7 Å². The lowest BCUT2D eigenvalue weighted by atomic mass is 10.2. The molecule has 0 aliphatic heterocycles. The van der Waals surface area contributed by atoms with Crippen LogP contribution in [0.1, 0.15) is 12.8 Å². The topological polar surface area (TPSA) is 148 Å². The highest BCUT2D eigenvalue weighted by molar-refractivity contribution is 5.83. The van der Waals surface area contributed by atoms with Crippen molar-refractivity contribution in [3.63, 3.8) is 0 Å². The molecular weight excluding hydrogens is 272 g/mol. The molecule has 20 heavy (non-hydrogen) atoms. The summed E-state index contributed by atoms with van der Waals surface area (Å²) in [7, 11) is 0. The van der Waals surface area contributed by atoms with Gasteiger partial charge in [-0.15, -0.1) is 0 Å². The zero-order chi connectivity index (χ0) is 15.1. The number of aliphatic hydroxyl groups excluding tert-OH is 1. The number of aliphatic hydroxyl groups is 1. The molecule has 0 bridgehead atoms. The van der Waals surface area contributed by atoms with E-state index < -0.39 is 22.8 Å². The molecule has 1 aromatic rings. The smallest absolute Gasteiger partial charge is 0.381 e. The van der Waals surface area contributed by atoms with Crippen molar-refractivity contribution in [2.45, 2.75) is 25.4 Å². The first-order valence-electron chi connectivity index (χ1n) is 5.73. The van der Waals surface area contributed by atoms with E-state index in [1.807, 2.05) is 0 Å². The van der Waals surface area contributed by atoms with Gasteiger partial charge in [0.25, 0.3) is 0 Å². The molecular formula is C10H14N4O6. The van der Waals surface area contributed by atoms with Crippen LogP contribution in [0.4, 0.5) is 5.82 Å². The Morgan fingerprint density at radius 3 is 2.75 bits per heavy atom. The highest BCUT2D eigenvalue weighted by Crippen LogP contribution is 2.06. The molecule has 10 nitrogen and oxygen atoms in total. The molecule has 0 unspecified atom stereocenters. The number of aliphatic carboxylic acids is 1. The monoisotopic (exact) mass is 286 g/mol. The second-order valence-electron chi connectivity index (χ2n) is 3.95. The number of carboxylic acid groups (broad SMARTS) is 1. The SMILES string of the molecule is O=C(CCn1cnc([N+](=O)[O-])c1)N[C@@H](CCO)C(=O)O. The summed E-state index contributed by atoms with van der Waals surface area (Å²) in [6.45, 7) is -0.219. The van der Waals surface area contributed by atoms with Crippen LogP contribution in [0, 0.1) is 10.1 Å². The largest absolute Gasteiger partial charge is 0.480 e. The minimum absolute atomic E-state index is 0.0529. The Kier molecular flexibility index (Phi) is 5.59. The molecule has 3 N–H and O–H groups in total. The number of hydrogen-bond donors (Lipinski definition) is 3. The molecule has 1 heterocycles. The Morgan fingerprint density at radius 1 is 1.55 bits per heavy atom. The highest BCUT2D eigenvalue weighted by atomic mass is 16.6. The molecule has 1 atom stereocenters. The van der Waals surface area contributed by atoms with Crippen LogP contribution < -0.4 is 5.32 Å². The summed E-state index contributed by atoms with van der Waals surface area (Å²) >= 11 is 0. The second-order valence-corrected chi connectivity index (χ2v) is 3.95. The van der Waals surface area contributed by atoms with E-state index in [0.717, 1.165) is 0 Å². The number of nitrogens with zero attached hydrogens (tertiary/aromatic N) is 3. The molecule has 1 rings (SSSR count). The molecule has 110 valence electrons. The van der Waals surface area contributed by atoms with E-state index in [1.54, 1.807) is 0 Å². The zero-order valence-corrected chi connectivity index (χ0v) is 10.4. The van der Waals surface area contributed by atoms with Gasteiger partial charge >= 0.3 is 11.8 Å². The number of aryl methyl sites for hydroxylation is 1. The second kappa shape index (κ2) is 7.19. The van der Waals surface area contributed by atoms with Crippen molar-refractivity contribution in [1.29, 1.82) is 0 Å². The van der Waals surface area contributed by atoms with Crippen molar-refractivity contribution in [1.82, 2.24) is 14.9 Å². The number of aromatic nitrogens is 2. The van der Waals surface area contributed by atoms with Crippen LogP contribution in [-0.2, 0) is 16.1 Å². The highest BCUT2D eigenvalue weighted by Gasteiger charge is 2.19. The number of carboxylic acids is 1. The Morgan fingerprint density at radius 2 is 2.25 bits per heavy atom. The van der Waals surface area contributed by atoms with Gasteiger partial charge in [-0.25, -0.2) is 4.79 Å². The minimum Gasteiger partial charge on any atom is -0.480 e. The average molecular weight is 286 g/mol. The molecule has 0 aromatic carbocycles. The first-order valence-corrected chi connectivity index (χ1v) is 5.73. The van der Waals surface area contributed by atoms with E-state index in [1.165, 1.54) is 17.1 Å². The van der Waals surface area contributed by atoms with E-state index in [2.05, 4.69) is 10.3 Å². The molecule has 10 heteroatoms. The van der Waals surface area contributed by atoms with Gasteiger partial charge in [0.15, 0.2) is 0 Å². The third-order valence-corrected chi connectivity index (χ3v) is 2.45. The fourth-order valence-corrected chi connectivity index (χ4v) is 1.45. The summed E-state index contributed by atoms with van der Waals surface area (Å²) in [5.41, 5.74) is 0. The first-order chi connectivity index (χ1) is 9.43. The Bertz CT molecular complexity index is 500. The Hall–Kier alpha value is -2.49. The fourth-order valence-electron chi connectivity index (χ4n) is 1.45. The maximum Gasteiger partial charge on any atom is 0.381 e. The Balaban J connectivity index is 2.45. The molecule has 0 aliphatic rings. The molecule has 1 aromatic heterocycles. The maximum absolute atomic E-state index is 11.5. The molecule has 0 saturated carbocycles. The lowest BCUT2D eigenvalue weighted by Gasteiger charge is -2.12. The molecule has 0 radical (unpaired) electrons. The van der Waals surface area contributed by atoms with Crippen LogP contribution in [0.15, 0.2) is 12.5 Å². The Labute approximate surface area is 113 Å². The summed E-state index contributed by atoms with van der Waals surface area (Å²) in [4.78, 5) is 35.6. The van der Waals surface area contributed by atoms with Crippen molar-refractivity contribution in [2.24, 2.45) is 0 Å². The lowest BCUT2D eigenvalue weighted by Crippen LogP contribution is -2.41. The van der Waals surface area contributed by atoms with Crippen molar-refractivity contribution >= 4 is 17.7 Å². The fraction of sp³-hybridized carbons (Fsp3) is 0.500. The summed E-state index contributed by atoms with van der Waals surface area (Å²) in [6, 6.07) is -1.15. The number of nitrogens with one attached hydrogen (secondary N) is 1. The minimum atomic E-state index is -1.23. The predicted molar refractivity (Wildman–Crippen MR) is 64.8 cm³/mol. The van der Waals surface area contributed by atoms with Crippen LogP contribution in [0.5, 0.6) is 0 Å². The third-order valence-electron chi connectivity index (χ3n) is 2.45. The molecule has 0 spiro atoms. The summed E-state index contributed by atoms with van der Waals surface area (Å²) in [5, 5.41) is 30.1. The molecule has 1 amide bonds. The van der Waals surface area contributed by atoms with E-state index in [9.17, 15) is 19.7 Å². The number of amides is 1. The van der Waals surface area contributed by atoms with E-state index in [-0.39, 0.29) is 31.8 Å². The van der Waals surface area contributed by atoms with Crippen LogP contribution in [0.3, 0.4) is 0 Å². The number of hydrogen-bond acceptors (Lipinski definition) is 6. The number of imidazole rings is 1. The van der Waals surface area contributed by atoms with E-state index in [0.29, 0.717) is 0 Å². The van der Waals surface area contributed by atoms with Gasteiger partial charge in [-0.2, -0.15) is 0 Å². The van der Waals surface area contributed by atoms with Crippen molar-refractivity contribution in [3.8, 4) is 0 Å². The number of nitro groups is 1. The third kappa shape index (κ3) is 4.65.